The quantitative estimate of drug-likeness (QED) is 0.189. The van der Waals surface area contributed by atoms with E-state index in [4.69, 9.17) is 17.3 Å². The third-order valence-electron chi connectivity index (χ3n) is 6.03. The van der Waals surface area contributed by atoms with Crippen molar-refractivity contribution in [3.63, 3.8) is 0 Å². The van der Waals surface area contributed by atoms with E-state index in [-0.39, 0.29) is 30.3 Å². The molecule has 7 nitrogen and oxygen atoms in total. The highest BCUT2D eigenvalue weighted by Gasteiger charge is 2.31. The fourth-order valence-corrected chi connectivity index (χ4v) is 3.23. The first-order valence-corrected chi connectivity index (χ1v) is 11.0. The van der Waals surface area contributed by atoms with E-state index in [1.807, 2.05) is 20.8 Å². The van der Waals surface area contributed by atoms with Gasteiger partial charge in [0.1, 0.15) is 6.10 Å². The van der Waals surface area contributed by atoms with Crippen molar-refractivity contribution in [3.8, 4) is 0 Å². The van der Waals surface area contributed by atoms with Crippen molar-refractivity contribution < 1.29 is 25.5 Å². The van der Waals surface area contributed by atoms with E-state index in [1.165, 1.54) is 0 Å². The van der Waals surface area contributed by atoms with E-state index in [2.05, 4.69) is 31.4 Å². The Labute approximate surface area is 181 Å². The highest BCUT2D eigenvalue weighted by atomic mass is 32.1. The van der Waals surface area contributed by atoms with Crippen molar-refractivity contribution in [1.82, 2.24) is 10.6 Å². The summed E-state index contributed by atoms with van der Waals surface area (Å²) in [5, 5.41) is 55.7. The maximum Gasteiger partial charge on any atom is 0.104 e. The number of aliphatic hydroxyl groups is 5. The zero-order valence-corrected chi connectivity index (χ0v) is 19.8. The fourth-order valence-electron chi connectivity index (χ4n) is 2.69. The van der Waals surface area contributed by atoms with Gasteiger partial charge in [0.2, 0.25) is 0 Å². The average Bonchev–Trinajstić information content (AvgIpc) is 2.65. The molecule has 0 aromatic rings. The first-order valence-electron chi connectivity index (χ1n) is 10.6. The minimum atomic E-state index is -1.22. The zero-order chi connectivity index (χ0) is 22.8. The highest BCUT2D eigenvalue weighted by molar-refractivity contribution is 7.80. The lowest BCUT2D eigenvalue weighted by Crippen LogP contribution is -2.52. The van der Waals surface area contributed by atoms with Gasteiger partial charge in [-0.2, -0.15) is 0 Å². The molecule has 0 spiro atoms. The highest BCUT2D eigenvalue weighted by Crippen LogP contribution is 2.28. The molecular formula is C21H44N2O5S. The molecule has 0 aromatic heterocycles. The number of thiocarbonyl (C=S) groups is 1. The zero-order valence-electron chi connectivity index (χ0n) is 19.0. The van der Waals surface area contributed by atoms with Gasteiger partial charge in [-0.05, 0) is 17.3 Å². The molecule has 0 aliphatic carbocycles. The largest absolute Gasteiger partial charge is 0.394 e. The van der Waals surface area contributed by atoms with E-state index in [0.29, 0.717) is 11.4 Å². The molecule has 0 rings (SSSR count). The molecule has 5 atom stereocenters. The van der Waals surface area contributed by atoms with Crippen molar-refractivity contribution >= 4 is 17.2 Å². The molecule has 29 heavy (non-hydrogen) atoms. The lowest BCUT2D eigenvalue weighted by atomic mass is 9.80. The Kier molecular flexibility index (Phi) is 13.0. The molecule has 0 saturated heterocycles. The van der Waals surface area contributed by atoms with Gasteiger partial charge in [-0.25, -0.2) is 0 Å². The van der Waals surface area contributed by atoms with Crippen LogP contribution in [0.3, 0.4) is 0 Å². The minimum absolute atomic E-state index is 0.0398. The van der Waals surface area contributed by atoms with Crippen LogP contribution in [-0.2, 0) is 0 Å². The standard InChI is InChI=1S/C21H44N2O5S/c1-7-20(3,4)10-19(29)23-14(11-22-12-16(26)17(27)13-24)15(25)9-18(28)21(5,6)8-2/h14-18,22,24-28H,7-13H2,1-6H3,(H,23,29). The monoisotopic (exact) mass is 436 g/mol. The summed E-state index contributed by atoms with van der Waals surface area (Å²) in [6.07, 6.45) is -1.25. The summed E-state index contributed by atoms with van der Waals surface area (Å²) >= 11 is 5.50. The molecule has 0 aliphatic heterocycles. The number of hydrogen-bond donors (Lipinski definition) is 7. The van der Waals surface area contributed by atoms with Gasteiger partial charge >= 0.3 is 0 Å². The van der Waals surface area contributed by atoms with Gasteiger partial charge in [0.25, 0.3) is 0 Å². The van der Waals surface area contributed by atoms with Crippen LogP contribution in [0.1, 0.15) is 67.2 Å². The lowest BCUT2D eigenvalue weighted by Gasteiger charge is -2.34. The van der Waals surface area contributed by atoms with Crippen LogP contribution >= 0.6 is 12.2 Å². The van der Waals surface area contributed by atoms with Crippen molar-refractivity contribution in [2.45, 2.75) is 97.7 Å². The van der Waals surface area contributed by atoms with Gasteiger partial charge in [0.15, 0.2) is 0 Å². The molecule has 5 unspecified atom stereocenters. The Morgan fingerprint density at radius 2 is 1.48 bits per heavy atom. The van der Waals surface area contributed by atoms with E-state index in [0.717, 1.165) is 12.8 Å². The number of hydrogen-bond acceptors (Lipinski definition) is 7. The summed E-state index contributed by atoms with van der Waals surface area (Å²) in [6, 6.07) is -0.462. The molecule has 0 radical (unpaired) electrons. The van der Waals surface area contributed by atoms with Crippen molar-refractivity contribution in [1.29, 1.82) is 0 Å². The summed E-state index contributed by atoms with van der Waals surface area (Å²) in [6.45, 7) is 12.1. The molecule has 0 aromatic carbocycles. The van der Waals surface area contributed by atoms with Crippen LogP contribution < -0.4 is 10.6 Å². The Hall–Kier alpha value is -0.350. The third kappa shape index (κ3) is 11.0. The van der Waals surface area contributed by atoms with Crippen LogP contribution in [0.2, 0.25) is 0 Å². The SMILES string of the molecule is CCC(C)(C)CC(=S)NC(CNCC(O)C(O)CO)C(O)CC(O)C(C)(C)CC. The predicted molar refractivity (Wildman–Crippen MR) is 121 cm³/mol. The summed E-state index contributed by atoms with van der Waals surface area (Å²) in [7, 11) is 0. The summed E-state index contributed by atoms with van der Waals surface area (Å²) in [4.78, 5) is 0.642. The van der Waals surface area contributed by atoms with Crippen molar-refractivity contribution in [3.05, 3.63) is 0 Å². The summed E-state index contributed by atoms with van der Waals surface area (Å²) < 4.78 is 0. The maximum atomic E-state index is 10.8. The maximum absolute atomic E-state index is 10.8. The second-order valence-corrected chi connectivity index (χ2v) is 10.00. The minimum Gasteiger partial charge on any atom is -0.394 e. The van der Waals surface area contributed by atoms with Crippen LogP contribution in [0.4, 0.5) is 0 Å². The lowest BCUT2D eigenvalue weighted by molar-refractivity contribution is -0.0161. The van der Waals surface area contributed by atoms with Gasteiger partial charge < -0.3 is 36.2 Å². The van der Waals surface area contributed by atoms with E-state index < -0.39 is 37.1 Å². The second kappa shape index (κ2) is 13.1. The molecule has 0 saturated carbocycles. The van der Waals surface area contributed by atoms with Crippen molar-refractivity contribution in [2.75, 3.05) is 19.7 Å². The van der Waals surface area contributed by atoms with E-state index >= 15 is 0 Å². The summed E-state index contributed by atoms with van der Waals surface area (Å²) in [5.74, 6) is 0. The van der Waals surface area contributed by atoms with Crippen LogP contribution in [-0.4, -0.2) is 80.7 Å². The number of rotatable bonds is 15. The van der Waals surface area contributed by atoms with Gasteiger partial charge in [-0.15, -0.1) is 0 Å². The molecule has 0 heterocycles. The first kappa shape index (κ1) is 28.6. The van der Waals surface area contributed by atoms with Gasteiger partial charge in [0.05, 0.1) is 35.9 Å². The average molecular weight is 437 g/mol. The van der Waals surface area contributed by atoms with Crippen LogP contribution in [0.15, 0.2) is 0 Å². The Morgan fingerprint density at radius 3 is 1.97 bits per heavy atom. The Morgan fingerprint density at radius 1 is 0.897 bits per heavy atom. The molecule has 0 amide bonds. The molecular weight excluding hydrogens is 392 g/mol. The molecule has 8 heteroatoms. The van der Waals surface area contributed by atoms with Gasteiger partial charge in [0, 0.05) is 25.9 Å². The summed E-state index contributed by atoms with van der Waals surface area (Å²) in [5.41, 5.74) is -0.275. The fraction of sp³-hybridized carbons (Fsp3) is 0.952. The number of nitrogens with one attached hydrogen (secondary N) is 2. The topological polar surface area (TPSA) is 125 Å². The van der Waals surface area contributed by atoms with Crippen LogP contribution in [0.5, 0.6) is 0 Å². The molecule has 174 valence electrons. The first-order chi connectivity index (χ1) is 13.3. The Balaban J connectivity index is 5.05. The molecule has 7 N–H and O–H groups in total. The normalized spacial score (nSPS) is 18.0. The molecule has 0 aliphatic rings. The smallest absolute Gasteiger partial charge is 0.104 e. The predicted octanol–water partition coefficient (Wildman–Crippen LogP) is 0.950. The molecule has 0 fully saturated rings. The van der Waals surface area contributed by atoms with E-state index in [9.17, 15) is 20.4 Å². The van der Waals surface area contributed by atoms with Gasteiger partial charge in [-0.1, -0.05) is 60.2 Å². The van der Waals surface area contributed by atoms with Crippen LogP contribution in [0.25, 0.3) is 0 Å². The second-order valence-electron chi connectivity index (χ2n) is 9.51. The third-order valence-corrected chi connectivity index (χ3v) is 6.30. The van der Waals surface area contributed by atoms with Crippen LogP contribution in [0, 0.1) is 10.8 Å². The molecule has 0 bridgehead atoms. The van der Waals surface area contributed by atoms with Gasteiger partial charge in [-0.3, -0.25) is 0 Å². The van der Waals surface area contributed by atoms with Crippen molar-refractivity contribution in [2.24, 2.45) is 10.8 Å². The number of aliphatic hydroxyl groups excluding tert-OH is 5. The Bertz CT molecular complexity index is 476. The van der Waals surface area contributed by atoms with E-state index in [1.54, 1.807) is 0 Å².